The predicted octanol–water partition coefficient (Wildman–Crippen LogP) is 2.20. The second kappa shape index (κ2) is 2.25. The summed E-state index contributed by atoms with van der Waals surface area (Å²) in [7, 11) is 0. The fourth-order valence-corrected chi connectivity index (χ4v) is 4.54. The summed E-state index contributed by atoms with van der Waals surface area (Å²) < 4.78 is 0. The summed E-state index contributed by atoms with van der Waals surface area (Å²) in [5, 5.41) is 9.15. The van der Waals surface area contributed by atoms with Crippen molar-refractivity contribution in [1.29, 1.82) is 0 Å². The molecule has 3 aliphatic rings. The lowest BCUT2D eigenvalue weighted by atomic mass is 9.53. The van der Waals surface area contributed by atoms with E-state index >= 15 is 0 Å². The van der Waals surface area contributed by atoms with Crippen LogP contribution in [0.5, 0.6) is 0 Å². The summed E-state index contributed by atoms with van der Waals surface area (Å²) in [6, 6.07) is 0. The van der Waals surface area contributed by atoms with Crippen molar-refractivity contribution in [3.63, 3.8) is 0 Å². The Kier molecular flexibility index (Phi) is 1.39. The highest BCUT2D eigenvalue weighted by Crippen LogP contribution is 2.69. The highest BCUT2D eigenvalue weighted by Gasteiger charge is 2.61. The summed E-state index contributed by atoms with van der Waals surface area (Å²) in [4.78, 5) is 0. The zero-order chi connectivity index (χ0) is 8.18. The first kappa shape index (κ1) is 7.37. The van der Waals surface area contributed by atoms with E-state index in [2.05, 4.69) is 0 Å². The van der Waals surface area contributed by atoms with Crippen molar-refractivity contribution in [2.75, 3.05) is 6.61 Å². The van der Waals surface area contributed by atoms with Crippen LogP contribution in [0.1, 0.15) is 38.5 Å². The van der Waals surface area contributed by atoms with Gasteiger partial charge in [-0.05, 0) is 55.3 Å². The third-order valence-electron chi connectivity index (χ3n) is 5.02. The van der Waals surface area contributed by atoms with Crippen LogP contribution in [0.3, 0.4) is 0 Å². The Hall–Kier alpha value is -0.0400. The Labute approximate surface area is 74.2 Å². The quantitative estimate of drug-likeness (QED) is 0.633. The number of rotatable bonds is 1. The van der Waals surface area contributed by atoms with Gasteiger partial charge in [0.15, 0.2) is 0 Å². The molecule has 0 saturated heterocycles. The molecule has 3 saturated carbocycles. The fraction of sp³-hybridized carbons (Fsp3) is 1.00. The fourth-order valence-electron chi connectivity index (χ4n) is 4.54. The van der Waals surface area contributed by atoms with Gasteiger partial charge in [-0.3, -0.25) is 0 Å². The second-order valence-corrected chi connectivity index (χ2v) is 5.15. The normalized spacial score (nSPS) is 56.2. The molecule has 0 radical (unpaired) electrons. The summed E-state index contributed by atoms with van der Waals surface area (Å²) in [5.74, 6) is 2.67. The van der Waals surface area contributed by atoms with Crippen LogP contribution in [0.2, 0.25) is 0 Å². The van der Waals surface area contributed by atoms with Gasteiger partial charge in [-0.25, -0.2) is 0 Å². The Morgan fingerprint density at radius 1 is 1.25 bits per heavy atom. The van der Waals surface area contributed by atoms with E-state index in [1.54, 1.807) is 0 Å². The minimum Gasteiger partial charge on any atom is -0.396 e. The number of aliphatic hydroxyl groups excluding tert-OH is 1. The van der Waals surface area contributed by atoms with Gasteiger partial charge < -0.3 is 5.11 Å². The van der Waals surface area contributed by atoms with Crippen LogP contribution in [0.25, 0.3) is 0 Å². The SMILES string of the molecule is OC[C@H]1C[C@]23CCC[C@H]2CC[C@H]13. The molecule has 12 heavy (non-hydrogen) atoms. The number of aliphatic hydroxyl groups is 1. The topological polar surface area (TPSA) is 20.2 Å². The van der Waals surface area contributed by atoms with E-state index in [4.69, 9.17) is 5.11 Å². The molecule has 3 rings (SSSR count). The molecule has 0 unspecified atom stereocenters. The van der Waals surface area contributed by atoms with Crippen LogP contribution >= 0.6 is 0 Å². The molecule has 1 nitrogen and oxygen atoms in total. The average molecular weight is 166 g/mol. The third-order valence-corrected chi connectivity index (χ3v) is 5.02. The van der Waals surface area contributed by atoms with E-state index in [-0.39, 0.29) is 0 Å². The van der Waals surface area contributed by atoms with Crippen LogP contribution in [0.15, 0.2) is 0 Å². The first-order valence-corrected chi connectivity index (χ1v) is 5.48. The standard InChI is InChI=1S/C11H18O/c12-7-8-6-11-5-1-2-9(11)3-4-10(8)11/h8-10,12H,1-7H2/t8-,9+,10-,11-/m1/s1. The molecule has 0 heterocycles. The van der Waals surface area contributed by atoms with Crippen LogP contribution in [0.4, 0.5) is 0 Å². The largest absolute Gasteiger partial charge is 0.396 e. The molecule has 1 heteroatoms. The molecule has 3 aliphatic carbocycles. The van der Waals surface area contributed by atoms with Gasteiger partial charge in [0.25, 0.3) is 0 Å². The van der Waals surface area contributed by atoms with Gasteiger partial charge in [0.1, 0.15) is 0 Å². The molecule has 0 aromatic heterocycles. The van der Waals surface area contributed by atoms with Crippen LogP contribution < -0.4 is 0 Å². The first-order valence-electron chi connectivity index (χ1n) is 5.48. The van der Waals surface area contributed by atoms with Crippen molar-refractivity contribution < 1.29 is 5.11 Å². The highest BCUT2D eigenvalue weighted by molar-refractivity contribution is 5.11. The molecule has 0 aliphatic heterocycles. The van der Waals surface area contributed by atoms with Crippen molar-refractivity contribution >= 4 is 0 Å². The zero-order valence-electron chi connectivity index (χ0n) is 7.63. The maximum Gasteiger partial charge on any atom is 0.0462 e. The molecule has 4 atom stereocenters. The maximum absolute atomic E-state index is 9.15. The van der Waals surface area contributed by atoms with Gasteiger partial charge in [0, 0.05) is 6.61 Å². The second-order valence-electron chi connectivity index (χ2n) is 5.15. The van der Waals surface area contributed by atoms with Gasteiger partial charge in [-0.1, -0.05) is 6.42 Å². The van der Waals surface area contributed by atoms with E-state index in [9.17, 15) is 0 Å². The monoisotopic (exact) mass is 166 g/mol. The molecule has 3 fully saturated rings. The Morgan fingerprint density at radius 3 is 3.00 bits per heavy atom. The number of hydrogen-bond acceptors (Lipinski definition) is 1. The minimum atomic E-state index is 0.457. The molecule has 1 spiro atoms. The lowest BCUT2D eigenvalue weighted by Crippen LogP contribution is -2.47. The molecular formula is C11H18O. The lowest BCUT2D eigenvalue weighted by molar-refractivity contribution is -0.0578. The molecule has 0 amide bonds. The molecule has 0 aromatic carbocycles. The third kappa shape index (κ3) is 0.654. The van der Waals surface area contributed by atoms with Gasteiger partial charge in [0.05, 0.1) is 0 Å². The molecule has 1 N–H and O–H groups in total. The Balaban J connectivity index is 1.84. The van der Waals surface area contributed by atoms with E-state index in [0.29, 0.717) is 12.5 Å². The first-order chi connectivity index (χ1) is 5.87. The minimum absolute atomic E-state index is 0.457. The van der Waals surface area contributed by atoms with Crippen molar-refractivity contribution in [3.05, 3.63) is 0 Å². The van der Waals surface area contributed by atoms with E-state index in [1.807, 2.05) is 0 Å². The Bertz CT molecular complexity index is 201. The van der Waals surface area contributed by atoms with Crippen LogP contribution in [-0.4, -0.2) is 11.7 Å². The lowest BCUT2D eigenvalue weighted by Gasteiger charge is -2.52. The average Bonchev–Trinajstić information content (AvgIpc) is 2.54. The highest BCUT2D eigenvalue weighted by atomic mass is 16.3. The molecule has 68 valence electrons. The van der Waals surface area contributed by atoms with Crippen molar-refractivity contribution in [1.82, 2.24) is 0 Å². The summed E-state index contributed by atoms with van der Waals surface area (Å²) in [6.45, 7) is 0.457. The van der Waals surface area contributed by atoms with Crippen molar-refractivity contribution in [2.45, 2.75) is 38.5 Å². The summed E-state index contributed by atoms with van der Waals surface area (Å²) in [5.41, 5.74) is 0.757. The Morgan fingerprint density at radius 2 is 2.17 bits per heavy atom. The summed E-state index contributed by atoms with van der Waals surface area (Å²) in [6.07, 6.45) is 8.71. The molecule has 0 aromatic rings. The number of hydrogen-bond donors (Lipinski definition) is 1. The van der Waals surface area contributed by atoms with Gasteiger partial charge in [0.2, 0.25) is 0 Å². The van der Waals surface area contributed by atoms with Gasteiger partial charge in [-0.2, -0.15) is 0 Å². The molecule has 0 bridgehead atoms. The van der Waals surface area contributed by atoms with E-state index < -0.39 is 0 Å². The maximum atomic E-state index is 9.15. The predicted molar refractivity (Wildman–Crippen MR) is 47.7 cm³/mol. The zero-order valence-corrected chi connectivity index (χ0v) is 7.63. The molecular weight excluding hydrogens is 148 g/mol. The summed E-state index contributed by atoms with van der Waals surface area (Å²) >= 11 is 0. The van der Waals surface area contributed by atoms with E-state index in [0.717, 1.165) is 17.3 Å². The van der Waals surface area contributed by atoms with Crippen molar-refractivity contribution in [2.24, 2.45) is 23.2 Å². The van der Waals surface area contributed by atoms with Crippen LogP contribution in [0, 0.1) is 23.2 Å². The van der Waals surface area contributed by atoms with Crippen LogP contribution in [-0.2, 0) is 0 Å². The van der Waals surface area contributed by atoms with Gasteiger partial charge >= 0.3 is 0 Å². The van der Waals surface area contributed by atoms with E-state index in [1.165, 1.54) is 38.5 Å². The van der Waals surface area contributed by atoms with Gasteiger partial charge in [-0.15, -0.1) is 0 Å². The smallest absolute Gasteiger partial charge is 0.0462 e. The van der Waals surface area contributed by atoms with Crippen molar-refractivity contribution in [3.8, 4) is 0 Å².